The molecule has 2 aliphatic rings. The van der Waals surface area contributed by atoms with Gasteiger partial charge in [-0.3, -0.25) is 9.48 Å². The number of amides is 1. The van der Waals surface area contributed by atoms with Crippen molar-refractivity contribution in [3.8, 4) is 0 Å². The highest BCUT2D eigenvalue weighted by molar-refractivity contribution is 5.92. The van der Waals surface area contributed by atoms with E-state index in [0.29, 0.717) is 17.8 Å². The van der Waals surface area contributed by atoms with Gasteiger partial charge in [0.05, 0.1) is 6.04 Å². The number of hydrogen-bond acceptors (Lipinski definition) is 2. The first-order chi connectivity index (χ1) is 9.33. The predicted octanol–water partition coefficient (Wildman–Crippen LogP) is 3.06. The monoisotopic (exact) mass is 261 g/mol. The molecule has 1 heterocycles. The molecule has 0 spiro atoms. The van der Waals surface area contributed by atoms with Crippen molar-refractivity contribution < 1.29 is 4.79 Å². The average molecular weight is 261 g/mol. The van der Waals surface area contributed by atoms with E-state index in [-0.39, 0.29) is 5.91 Å². The first-order valence-corrected chi connectivity index (χ1v) is 7.69. The van der Waals surface area contributed by atoms with E-state index >= 15 is 0 Å². The predicted molar refractivity (Wildman–Crippen MR) is 74.1 cm³/mol. The second-order valence-electron chi connectivity index (χ2n) is 5.93. The third-order valence-corrected chi connectivity index (χ3v) is 4.48. The molecule has 1 N–H and O–H groups in total. The summed E-state index contributed by atoms with van der Waals surface area (Å²) in [4.78, 5) is 12.2. The van der Waals surface area contributed by atoms with Gasteiger partial charge in [-0.15, -0.1) is 0 Å². The molecule has 4 nitrogen and oxygen atoms in total. The van der Waals surface area contributed by atoms with E-state index in [1.165, 1.54) is 44.9 Å². The second kappa shape index (κ2) is 5.76. The van der Waals surface area contributed by atoms with Crippen molar-refractivity contribution in [3.63, 3.8) is 0 Å². The van der Waals surface area contributed by atoms with Gasteiger partial charge in [0, 0.05) is 12.2 Å². The zero-order chi connectivity index (χ0) is 13.1. The van der Waals surface area contributed by atoms with Gasteiger partial charge < -0.3 is 5.32 Å². The van der Waals surface area contributed by atoms with Gasteiger partial charge in [-0.1, -0.05) is 32.1 Å². The smallest absolute Gasteiger partial charge is 0.271 e. The molecule has 1 aromatic rings. The Hall–Kier alpha value is -1.32. The molecule has 4 heteroatoms. The largest absolute Gasteiger partial charge is 0.348 e. The summed E-state index contributed by atoms with van der Waals surface area (Å²) in [6, 6.07) is 2.73. The number of rotatable bonds is 3. The quantitative estimate of drug-likeness (QED) is 0.909. The molecule has 0 unspecified atom stereocenters. The Morgan fingerprint density at radius 1 is 1.11 bits per heavy atom. The third-order valence-electron chi connectivity index (χ3n) is 4.48. The van der Waals surface area contributed by atoms with Crippen molar-refractivity contribution in [3.05, 3.63) is 18.0 Å². The van der Waals surface area contributed by atoms with Crippen LogP contribution in [0.2, 0.25) is 0 Å². The van der Waals surface area contributed by atoms with Gasteiger partial charge in [0.15, 0.2) is 0 Å². The molecule has 0 bridgehead atoms. The Kier molecular flexibility index (Phi) is 3.85. The van der Waals surface area contributed by atoms with E-state index in [2.05, 4.69) is 10.4 Å². The van der Waals surface area contributed by atoms with Crippen molar-refractivity contribution in [2.24, 2.45) is 0 Å². The Morgan fingerprint density at radius 2 is 1.79 bits per heavy atom. The lowest BCUT2D eigenvalue weighted by atomic mass is 9.95. The van der Waals surface area contributed by atoms with Crippen molar-refractivity contribution in [2.75, 3.05) is 0 Å². The van der Waals surface area contributed by atoms with Gasteiger partial charge in [0.2, 0.25) is 0 Å². The summed E-state index contributed by atoms with van der Waals surface area (Å²) in [5.74, 6) is 0.00338. The fourth-order valence-electron chi connectivity index (χ4n) is 3.34. The molecule has 104 valence electrons. The van der Waals surface area contributed by atoms with Gasteiger partial charge in [-0.2, -0.15) is 5.10 Å². The van der Waals surface area contributed by atoms with Crippen LogP contribution in [0.3, 0.4) is 0 Å². The number of nitrogens with one attached hydrogen (secondary N) is 1. The molecule has 0 atom stereocenters. The minimum absolute atomic E-state index is 0.00338. The highest BCUT2D eigenvalue weighted by Crippen LogP contribution is 2.28. The molecule has 19 heavy (non-hydrogen) atoms. The van der Waals surface area contributed by atoms with Crippen LogP contribution in [0, 0.1) is 0 Å². The molecule has 0 aliphatic heterocycles. The molecule has 1 amide bonds. The standard InChI is InChI=1S/C15H23N3O/c19-15(16-12-6-2-1-3-7-12)14-10-11-18(17-14)13-8-4-5-9-13/h10-13H,1-9H2,(H,16,19). The topological polar surface area (TPSA) is 46.9 Å². The fourth-order valence-corrected chi connectivity index (χ4v) is 3.34. The molecule has 2 saturated carbocycles. The third kappa shape index (κ3) is 2.99. The summed E-state index contributed by atoms with van der Waals surface area (Å²) < 4.78 is 1.99. The SMILES string of the molecule is O=C(NC1CCCCC1)c1ccn(C2CCCC2)n1. The number of nitrogens with zero attached hydrogens (tertiary/aromatic N) is 2. The number of carbonyl (C=O) groups is 1. The van der Waals surface area contributed by atoms with Crippen molar-refractivity contribution in [2.45, 2.75) is 69.9 Å². The van der Waals surface area contributed by atoms with E-state index in [1.807, 2.05) is 16.9 Å². The Bertz CT molecular complexity index is 428. The maximum absolute atomic E-state index is 12.2. The summed E-state index contributed by atoms with van der Waals surface area (Å²) in [5, 5.41) is 7.59. The van der Waals surface area contributed by atoms with E-state index in [9.17, 15) is 4.79 Å². The molecule has 1 aromatic heterocycles. The first kappa shape index (κ1) is 12.7. The van der Waals surface area contributed by atoms with Crippen LogP contribution in [0.1, 0.15) is 74.3 Å². The number of hydrogen-bond donors (Lipinski definition) is 1. The molecular weight excluding hydrogens is 238 g/mol. The zero-order valence-corrected chi connectivity index (χ0v) is 11.5. The average Bonchev–Trinajstić information content (AvgIpc) is 3.11. The highest BCUT2D eigenvalue weighted by atomic mass is 16.2. The Labute approximate surface area is 114 Å². The van der Waals surface area contributed by atoms with Crippen LogP contribution < -0.4 is 5.32 Å². The molecule has 2 fully saturated rings. The van der Waals surface area contributed by atoms with E-state index in [1.54, 1.807) is 0 Å². The summed E-state index contributed by atoms with van der Waals surface area (Å²) in [5.41, 5.74) is 0.581. The molecular formula is C15H23N3O. The van der Waals surface area contributed by atoms with Crippen LogP contribution in [0.4, 0.5) is 0 Å². The molecule has 0 radical (unpaired) electrons. The summed E-state index contributed by atoms with van der Waals surface area (Å²) in [7, 11) is 0. The number of carbonyl (C=O) groups excluding carboxylic acids is 1. The van der Waals surface area contributed by atoms with Gasteiger partial charge in [-0.25, -0.2) is 0 Å². The Balaban J connectivity index is 1.59. The lowest BCUT2D eigenvalue weighted by molar-refractivity contribution is 0.0921. The molecule has 2 aliphatic carbocycles. The van der Waals surface area contributed by atoms with Gasteiger partial charge in [-0.05, 0) is 31.7 Å². The van der Waals surface area contributed by atoms with E-state index in [0.717, 1.165) is 12.8 Å². The van der Waals surface area contributed by atoms with Crippen LogP contribution in [-0.4, -0.2) is 21.7 Å². The van der Waals surface area contributed by atoms with Crippen LogP contribution in [0.25, 0.3) is 0 Å². The van der Waals surface area contributed by atoms with Crippen LogP contribution in [0.5, 0.6) is 0 Å². The minimum Gasteiger partial charge on any atom is -0.348 e. The molecule has 0 saturated heterocycles. The van der Waals surface area contributed by atoms with Crippen LogP contribution in [-0.2, 0) is 0 Å². The maximum atomic E-state index is 12.2. The van der Waals surface area contributed by atoms with Crippen LogP contribution in [0.15, 0.2) is 12.3 Å². The summed E-state index contributed by atoms with van der Waals surface area (Å²) >= 11 is 0. The van der Waals surface area contributed by atoms with E-state index in [4.69, 9.17) is 0 Å². The van der Waals surface area contributed by atoms with Crippen molar-refractivity contribution >= 4 is 5.91 Å². The Morgan fingerprint density at radius 3 is 2.53 bits per heavy atom. The van der Waals surface area contributed by atoms with Gasteiger partial charge in [0.1, 0.15) is 5.69 Å². The zero-order valence-electron chi connectivity index (χ0n) is 11.5. The second-order valence-corrected chi connectivity index (χ2v) is 5.93. The maximum Gasteiger partial charge on any atom is 0.271 e. The van der Waals surface area contributed by atoms with Gasteiger partial charge in [0.25, 0.3) is 5.91 Å². The first-order valence-electron chi connectivity index (χ1n) is 7.69. The van der Waals surface area contributed by atoms with E-state index < -0.39 is 0 Å². The molecule has 3 rings (SSSR count). The van der Waals surface area contributed by atoms with Crippen molar-refractivity contribution in [1.29, 1.82) is 0 Å². The van der Waals surface area contributed by atoms with Crippen LogP contribution >= 0.6 is 0 Å². The highest BCUT2D eigenvalue weighted by Gasteiger charge is 2.21. The van der Waals surface area contributed by atoms with Crippen molar-refractivity contribution in [1.82, 2.24) is 15.1 Å². The normalized spacial score (nSPS) is 21.7. The van der Waals surface area contributed by atoms with Gasteiger partial charge >= 0.3 is 0 Å². The lowest BCUT2D eigenvalue weighted by Gasteiger charge is -2.22. The minimum atomic E-state index is 0.00338. The number of aromatic nitrogens is 2. The fraction of sp³-hybridized carbons (Fsp3) is 0.733. The summed E-state index contributed by atoms with van der Waals surface area (Å²) in [6.07, 6.45) is 13.0. The summed E-state index contributed by atoms with van der Waals surface area (Å²) in [6.45, 7) is 0. The molecule has 0 aromatic carbocycles. The lowest BCUT2D eigenvalue weighted by Crippen LogP contribution is -2.36.